The van der Waals surface area contributed by atoms with E-state index in [2.05, 4.69) is 5.10 Å². The first-order valence-electron chi connectivity index (χ1n) is 7.26. The molecule has 0 aromatic heterocycles. The number of benzene rings is 1. The van der Waals surface area contributed by atoms with Crippen LogP contribution in [0.2, 0.25) is 0 Å². The summed E-state index contributed by atoms with van der Waals surface area (Å²) in [5, 5.41) is 6.30. The second-order valence-electron chi connectivity index (χ2n) is 5.69. The summed E-state index contributed by atoms with van der Waals surface area (Å²) < 4.78 is 28.0. The van der Waals surface area contributed by atoms with Crippen LogP contribution in [0.3, 0.4) is 0 Å². The van der Waals surface area contributed by atoms with Crippen LogP contribution in [-0.2, 0) is 14.6 Å². The summed E-state index contributed by atoms with van der Waals surface area (Å²) in [4.78, 5) is 12.0. The molecule has 2 aliphatic rings. The Morgan fingerprint density at radius 2 is 2.05 bits per heavy atom. The van der Waals surface area contributed by atoms with Crippen molar-refractivity contribution in [3.05, 3.63) is 29.8 Å². The molecule has 1 aromatic carbocycles. The molecule has 118 valence electrons. The summed E-state index contributed by atoms with van der Waals surface area (Å²) in [6, 6.07) is 7.02. The Bertz CT molecular complexity index is 710. The van der Waals surface area contributed by atoms with Crippen LogP contribution in [0.1, 0.15) is 30.1 Å². The maximum absolute atomic E-state index is 12.0. The van der Waals surface area contributed by atoms with Gasteiger partial charge in [0.1, 0.15) is 6.10 Å². The van der Waals surface area contributed by atoms with E-state index in [1.807, 2.05) is 24.1 Å². The molecule has 2 heterocycles. The molecule has 0 amide bonds. The monoisotopic (exact) mass is 322 g/mol. The molecular formula is C15H18N2O4S. The average Bonchev–Trinajstić information content (AvgIpc) is 3.05. The smallest absolute Gasteiger partial charge is 0.338 e. The minimum Gasteiger partial charge on any atom is -0.458 e. The SMILES string of the molecule is CC1=NN(c2ccc(C(=O)O[C@H]3CCS(=O)(=O)C3)cc2)CC1. The first kappa shape index (κ1) is 15.0. The van der Waals surface area contributed by atoms with E-state index in [0.29, 0.717) is 12.0 Å². The normalized spacial score (nSPS) is 23.4. The van der Waals surface area contributed by atoms with Crippen molar-refractivity contribution in [1.82, 2.24) is 0 Å². The fraction of sp³-hybridized carbons (Fsp3) is 0.467. The summed E-state index contributed by atoms with van der Waals surface area (Å²) in [6.45, 7) is 2.83. The number of ether oxygens (including phenoxy) is 1. The molecule has 1 saturated heterocycles. The quantitative estimate of drug-likeness (QED) is 0.790. The fourth-order valence-electron chi connectivity index (χ4n) is 2.60. The molecule has 2 aliphatic heterocycles. The van der Waals surface area contributed by atoms with Crippen LogP contribution in [-0.4, -0.2) is 44.3 Å². The Hall–Kier alpha value is -1.89. The summed E-state index contributed by atoms with van der Waals surface area (Å²) in [7, 11) is -3.04. The third kappa shape index (κ3) is 3.30. The first-order chi connectivity index (χ1) is 10.4. The van der Waals surface area contributed by atoms with Gasteiger partial charge in [-0.15, -0.1) is 0 Å². The van der Waals surface area contributed by atoms with Gasteiger partial charge in [-0.1, -0.05) is 0 Å². The molecule has 1 atom stereocenters. The van der Waals surface area contributed by atoms with Crippen molar-refractivity contribution in [3.63, 3.8) is 0 Å². The van der Waals surface area contributed by atoms with Gasteiger partial charge in [0, 0.05) is 18.7 Å². The Labute approximate surface area is 129 Å². The zero-order chi connectivity index (χ0) is 15.7. The van der Waals surface area contributed by atoms with Gasteiger partial charge in [-0.3, -0.25) is 5.01 Å². The van der Waals surface area contributed by atoms with E-state index < -0.39 is 21.9 Å². The molecule has 0 radical (unpaired) electrons. The zero-order valence-electron chi connectivity index (χ0n) is 12.4. The molecule has 1 fully saturated rings. The molecule has 3 rings (SSSR count). The van der Waals surface area contributed by atoms with Gasteiger partial charge >= 0.3 is 5.97 Å². The van der Waals surface area contributed by atoms with Crippen molar-refractivity contribution in [2.45, 2.75) is 25.9 Å². The number of sulfone groups is 1. The Morgan fingerprint density at radius 3 is 2.59 bits per heavy atom. The van der Waals surface area contributed by atoms with E-state index in [1.165, 1.54) is 0 Å². The zero-order valence-corrected chi connectivity index (χ0v) is 13.2. The highest BCUT2D eigenvalue weighted by Gasteiger charge is 2.31. The number of hydrogen-bond donors (Lipinski definition) is 0. The van der Waals surface area contributed by atoms with Crippen LogP contribution in [0.15, 0.2) is 29.4 Å². The molecule has 0 bridgehead atoms. The molecule has 0 unspecified atom stereocenters. The Kier molecular flexibility index (Phi) is 3.90. The van der Waals surface area contributed by atoms with Crippen molar-refractivity contribution in [2.75, 3.05) is 23.1 Å². The van der Waals surface area contributed by atoms with Crippen molar-refractivity contribution < 1.29 is 17.9 Å². The van der Waals surface area contributed by atoms with Gasteiger partial charge in [0.25, 0.3) is 0 Å². The van der Waals surface area contributed by atoms with E-state index in [-0.39, 0.29) is 11.5 Å². The lowest BCUT2D eigenvalue weighted by Gasteiger charge is -2.14. The van der Waals surface area contributed by atoms with Crippen molar-refractivity contribution >= 4 is 27.2 Å². The van der Waals surface area contributed by atoms with Crippen molar-refractivity contribution in [2.24, 2.45) is 5.10 Å². The average molecular weight is 322 g/mol. The van der Waals surface area contributed by atoms with Gasteiger partial charge in [-0.2, -0.15) is 5.10 Å². The van der Waals surface area contributed by atoms with E-state index >= 15 is 0 Å². The lowest BCUT2D eigenvalue weighted by atomic mass is 10.2. The van der Waals surface area contributed by atoms with Gasteiger partial charge < -0.3 is 4.74 Å². The highest BCUT2D eigenvalue weighted by molar-refractivity contribution is 7.91. The number of rotatable bonds is 3. The Balaban J connectivity index is 1.64. The van der Waals surface area contributed by atoms with Crippen LogP contribution in [0.5, 0.6) is 0 Å². The standard InChI is InChI=1S/C15H18N2O4S/c1-11-6-8-17(16-11)13-4-2-12(3-5-13)15(18)21-14-7-9-22(19,20)10-14/h2-5,14H,6-10H2,1H3/t14-/m0/s1. The van der Waals surface area contributed by atoms with Crippen molar-refractivity contribution in [3.8, 4) is 0 Å². The van der Waals surface area contributed by atoms with E-state index in [9.17, 15) is 13.2 Å². The Morgan fingerprint density at radius 1 is 1.32 bits per heavy atom. The van der Waals surface area contributed by atoms with Crippen molar-refractivity contribution in [1.29, 1.82) is 0 Å². The molecule has 6 nitrogen and oxygen atoms in total. The number of nitrogens with zero attached hydrogens (tertiary/aromatic N) is 2. The van der Waals surface area contributed by atoms with E-state index in [4.69, 9.17) is 4.74 Å². The third-order valence-corrected chi connectivity index (χ3v) is 5.58. The first-order valence-corrected chi connectivity index (χ1v) is 9.08. The molecule has 0 saturated carbocycles. The minimum atomic E-state index is -3.04. The summed E-state index contributed by atoms with van der Waals surface area (Å²) in [5.74, 6) is -0.454. The minimum absolute atomic E-state index is 0.0708. The topological polar surface area (TPSA) is 76.0 Å². The molecule has 0 spiro atoms. The highest BCUT2D eigenvalue weighted by Crippen LogP contribution is 2.21. The van der Waals surface area contributed by atoms with Gasteiger partial charge in [-0.25, -0.2) is 13.2 Å². The lowest BCUT2D eigenvalue weighted by Crippen LogP contribution is -2.19. The fourth-order valence-corrected chi connectivity index (χ4v) is 4.19. The number of anilines is 1. The second-order valence-corrected chi connectivity index (χ2v) is 7.91. The summed E-state index contributed by atoms with van der Waals surface area (Å²) in [6.07, 6.45) is 0.802. The highest BCUT2D eigenvalue weighted by atomic mass is 32.2. The predicted molar refractivity (Wildman–Crippen MR) is 84.0 cm³/mol. The number of hydrazone groups is 1. The molecule has 0 aliphatic carbocycles. The van der Waals surface area contributed by atoms with Crippen LogP contribution < -0.4 is 5.01 Å². The molecule has 1 aromatic rings. The molecule has 0 N–H and O–H groups in total. The third-order valence-electron chi connectivity index (χ3n) is 3.84. The van der Waals surface area contributed by atoms with Gasteiger partial charge in [-0.05, 0) is 37.6 Å². The summed E-state index contributed by atoms with van der Waals surface area (Å²) >= 11 is 0. The van der Waals surface area contributed by atoms with E-state index in [0.717, 1.165) is 24.4 Å². The second kappa shape index (κ2) is 5.72. The van der Waals surface area contributed by atoms with Gasteiger partial charge in [0.05, 0.1) is 22.8 Å². The predicted octanol–water partition coefficient (Wildman–Crippen LogP) is 1.62. The van der Waals surface area contributed by atoms with E-state index in [1.54, 1.807) is 12.1 Å². The number of carbonyl (C=O) groups is 1. The number of hydrogen-bond acceptors (Lipinski definition) is 6. The van der Waals surface area contributed by atoms with Crippen LogP contribution in [0.25, 0.3) is 0 Å². The molecule has 22 heavy (non-hydrogen) atoms. The maximum Gasteiger partial charge on any atom is 0.338 e. The van der Waals surface area contributed by atoms with Gasteiger partial charge in [0.2, 0.25) is 0 Å². The maximum atomic E-state index is 12.0. The van der Waals surface area contributed by atoms with Crippen LogP contribution >= 0.6 is 0 Å². The molecule has 7 heteroatoms. The van der Waals surface area contributed by atoms with Crippen LogP contribution in [0.4, 0.5) is 5.69 Å². The number of esters is 1. The largest absolute Gasteiger partial charge is 0.458 e. The number of carbonyl (C=O) groups excluding carboxylic acids is 1. The van der Waals surface area contributed by atoms with Crippen LogP contribution in [0, 0.1) is 0 Å². The van der Waals surface area contributed by atoms with Gasteiger partial charge in [0.15, 0.2) is 9.84 Å². The molecular weight excluding hydrogens is 304 g/mol. The summed E-state index contributed by atoms with van der Waals surface area (Å²) in [5.41, 5.74) is 2.44. The lowest BCUT2D eigenvalue weighted by molar-refractivity contribution is 0.0356.